The Morgan fingerprint density at radius 1 is 0.963 bits per heavy atom. The summed E-state index contributed by atoms with van der Waals surface area (Å²) in [4.78, 5) is 23.4. The van der Waals surface area contributed by atoms with Crippen LogP contribution in [0.2, 0.25) is 0 Å². The van der Waals surface area contributed by atoms with Gasteiger partial charge in [-0.3, -0.25) is 9.59 Å². The minimum atomic E-state index is -3.53. The molecule has 0 radical (unpaired) electrons. The number of ether oxygens (including phenoxy) is 1. The molecular formula is C19H22N2O5S. The van der Waals surface area contributed by atoms with Crippen molar-refractivity contribution in [1.29, 1.82) is 0 Å². The Balaban J connectivity index is 2.10. The Bertz CT molecular complexity index is 902. The number of hydrogen-bond acceptors (Lipinski definition) is 5. The van der Waals surface area contributed by atoms with E-state index in [1.165, 1.54) is 47.6 Å². The minimum Gasteiger partial charge on any atom is -0.427 e. The zero-order valence-corrected chi connectivity index (χ0v) is 16.2. The van der Waals surface area contributed by atoms with Crippen LogP contribution in [0.1, 0.15) is 31.1 Å². The second-order valence-electron chi connectivity index (χ2n) is 5.69. The fourth-order valence-corrected chi connectivity index (χ4v) is 3.92. The summed E-state index contributed by atoms with van der Waals surface area (Å²) in [6, 6.07) is 12.1. The van der Waals surface area contributed by atoms with Crippen LogP contribution in [0.4, 0.5) is 5.69 Å². The van der Waals surface area contributed by atoms with Gasteiger partial charge in [0.2, 0.25) is 10.0 Å². The summed E-state index contributed by atoms with van der Waals surface area (Å²) in [5.74, 6) is -0.444. The first-order chi connectivity index (χ1) is 12.8. The lowest BCUT2D eigenvalue weighted by molar-refractivity contribution is -0.131. The molecule has 27 heavy (non-hydrogen) atoms. The van der Waals surface area contributed by atoms with Crippen molar-refractivity contribution < 1.29 is 22.7 Å². The van der Waals surface area contributed by atoms with Gasteiger partial charge >= 0.3 is 5.97 Å². The molecule has 0 aliphatic rings. The normalized spacial score (nSPS) is 11.3. The van der Waals surface area contributed by atoms with Gasteiger partial charge < -0.3 is 10.1 Å². The predicted octanol–water partition coefficient (Wildman–Crippen LogP) is 2.89. The molecule has 0 saturated carbocycles. The summed E-state index contributed by atoms with van der Waals surface area (Å²) in [7, 11) is -3.53. The molecule has 0 aromatic heterocycles. The molecule has 2 aromatic carbocycles. The van der Waals surface area contributed by atoms with E-state index >= 15 is 0 Å². The Labute approximate surface area is 159 Å². The van der Waals surface area contributed by atoms with Gasteiger partial charge in [-0.1, -0.05) is 13.8 Å². The highest BCUT2D eigenvalue weighted by molar-refractivity contribution is 7.89. The molecule has 1 N–H and O–H groups in total. The van der Waals surface area contributed by atoms with E-state index in [0.717, 1.165) is 0 Å². The Morgan fingerprint density at radius 2 is 1.52 bits per heavy atom. The summed E-state index contributed by atoms with van der Waals surface area (Å²) >= 11 is 0. The van der Waals surface area contributed by atoms with Crippen molar-refractivity contribution in [2.45, 2.75) is 25.7 Å². The molecule has 0 bridgehead atoms. The van der Waals surface area contributed by atoms with Crippen LogP contribution in [0, 0.1) is 0 Å². The second-order valence-corrected chi connectivity index (χ2v) is 7.62. The van der Waals surface area contributed by atoms with Gasteiger partial charge in [0.15, 0.2) is 0 Å². The maximum absolute atomic E-state index is 12.5. The molecule has 0 fully saturated rings. The zero-order valence-electron chi connectivity index (χ0n) is 15.4. The van der Waals surface area contributed by atoms with Gasteiger partial charge in [0.05, 0.1) is 4.90 Å². The molecule has 1 amide bonds. The highest BCUT2D eigenvalue weighted by Crippen LogP contribution is 2.19. The van der Waals surface area contributed by atoms with Crippen LogP contribution in [0.3, 0.4) is 0 Å². The lowest BCUT2D eigenvalue weighted by atomic mass is 10.2. The van der Waals surface area contributed by atoms with Crippen LogP contribution < -0.4 is 10.1 Å². The predicted molar refractivity (Wildman–Crippen MR) is 102 cm³/mol. The van der Waals surface area contributed by atoms with Crippen molar-refractivity contribution >= 4 is 27.6 Å². The number of sulfonamides is 1. The number of rotatable bonds is 7. The smallest absolute Gasteiger partial charge is 0.308 e. The highest BCUT2D eigenvalue weighted by Gasteiger charge is 2.21. The average Bonchev–Trinajstić information content (AvgIpc) is 2.63. The van der Waals surface area contributed by atoms with Gasteiger partial charge in [0.1, 0.15) is 5.75 Å². The molecular weight excluding hydrogens is 368 g/mol. The van der Waals surface area contributed by atoms with E-state index in [1.54, 1.807) is 26.0 Å². The Kier molecular flexibility index (Phi) is 6.70. The fourth-order valence-electron chi connectivity index (χ4n) is 2.47. The lowest BCUT2D eigenvalue weighted by Gasteiger charge is -2.18. The summed E-state index contributed by atoms with van der Waals surface area (Å²) < 4.78 is 31.2. The molecule has 7 nitrogen and oxygen atoms in total. The number of carbonyl (C=O) groups excluding carboxylic acids is 2. The van der Waals surface area contributed by atoms with Gasteiger partial charge in [0, 0.05) is 31.3 Å². The first-order valence-corrected chi connectivity index (χ1v) is 9.92. The number of nitrogens with zero attached hydrogens (tertiary/aromatic N) is 1. The third-order valence-electron chi connectivity index (χ3n) is 3.83. The topological polar surface area (TPSA) is 92.8 Å². The Morgan fingerprint density at radius 3 is 2.00 bits per heavy atom. The average molecular weight is 390 g/mol. The van der Waals surface area contributed by atoms with Gasteiger partial charge in [0.25, 0.3) is 5.91 Å². The van der Waals surface area contributed by atoms with Crippen molar-refractivity contribution in [2.75, 3.05) is 18.4 Å². The molecule has 0 aliphatic heterocycles. The SMILES string of the molecule is CCN(CC)S(=O)(=O)c1ccc(NC(=O)c2ccc(OC(C)=O)cc2)cc1. The molecule has 8 heteroatoms. The first kappa shape index (κ1) is 20.6. The molecule has 0 heterocycles. The van der Waals surface area contributed by atoms with Crippen molar-refractivity contribution in [3.8, 4) is 5.75 Å². The van der Waals surface area contributed by atoms with E-state index in [0.29, 0.717) is 30.1 Å². The number of benzene rings is 2. The van der Waals surface area contributed by atoms with E-state index in [1.807, 2.05) is 0 Å². The maximum Gasteiger partial charge on any atom is 0.308 e. The fraction of sp³-hybridized carbons (Fsp3) is 0.263. The van der Waals surface area contributed by atoms with Crippen LogP contribution in [0.15, 0.2) is 53.4 Å². The third kappa shape index (κ3) is 5.15. The van der Waals surface area contributed by atoms with E-state index in [2.05, 4.69) is 5.32 Å². The van der Waals surface area contributed by atoms with Crippen molar-refractivity contribution in [1.82, 2.24) is 4.31 Å². The van der Waals surface area contributed by atoms with E-state index in [4.69, 9.17) is 4.74 Å². The monoisotopic (exact) mass is 390 g/mol. The van der Waals surface area contributed by atoms with Crippen LogP contribution in [-0.4, -0.2) is 37.7 Å². The van der Waals surface area contributed by atoms with Crippen LogP contribution >= 0.6 is 0 Å². The van der Waals surface area contributed by atoms with Crippen LogP contribution in [0.5, 0.6) is 5.75 Å². The van der Waals surface area contributed by atoms with Gasteiger partial charge in [-0.25, -0.2) is 8.42 Å². The number of anilines is 1. The molecule has 0 atom stereocenters. The third-order valence-corrected chi connectivity index (χ3v) is 5.90. The molecule has 2 rings (SSSR count). The molecule has 0 spiro atoms. The quantitative estimate of drug-likeness (QED) is 0.580. The minimum absolute atomic E-state index is 0.176. The van der Waals surface area contributed by atoms with E-state index < -0.39 is 16.0 Å². The summed E-state index contributed by atoms with van der Waals surface area (Å²) in [6.45, 7) is 5.64. The second kappa shape index (κ2) is 8.79. The number of hydrogen-bond donors (Lipinski definition) is 1. The van der Waals surface area contributed by atoms with Gasteiger partial charge in [-0.05, 0) is 48.5 Å². The summed E-state index contributed by atoms with van der Waals surface area (Å²) in [6.07, 6.45) is 0. The highest BCUT2D eigenvalue weighted by atomic mass is 32.2. The van der Waals surface area contributed by atoms with Gasteiger partial charge in [-0.15, -0.1) is 0 Å². The van der Waals surface area contributed by atoms with E-state index in [-0.39, 0.29) is 10.8 Å². The van der Waals surface area contributed by atoms with Crippen molar-refractivity contribution in [3.05, 3.63) is 54.1 Å². The number of amides is 1. The number of nitrogens with one attached hydrogen (secondary N) is 1. The van der Waals surface area contributed by atoms with Crippen molar-refractivity contribution in [3.63, 3.8) is 0 Å². The number of esters is 1. The van der Waals surface area contributed by atoms with Crippen LogP contribution in [0.25, 0.3) is 0 Å². The summed E-state index contributed by atoms with van der Waals surface area (Å²) in [5.41, 5.74) is 0.855. The largest absolute Gasteiger partial charge is 0.427 e. The standard InChI is InChI=1S/C19H22N2O5S/c1-4-21(5-2)27(24,25)18-12-8-16(9-13-18)20-19(23)15-6-10-17(11-7-15)26-14(3)22/h6-13H,4-5H2,1-3H3,(H,20,23). The Hall–Kier alpha value is -2.71. The summed E-state index contributed by atoms with van der Waals surface area (Å²) in [5, 5.41) is 2.70. The molecule has 2 aromatic rings. The molecule has 0 aliphatic carbocycles. The maximum atomic E-state index is 12.5. The molecule has 144 valence electrons. The van der Waals surface area contributed by atoms with Gasteiger partial charge in [-0.2, -0.15) is 4.31 Å². The number of carbonyl (C=O) groups is 2. The van der Waals surface area contributed by atoms with E-state index in [9.17, 15) is 18.0 Å². The van der Waals surface area contributed by atoms with Crippen molar-refractivity contribution in [2.24, 2.45) is 0 Å². The lowest BCUT2D eigenvalue weighted by Crippen LogP contribution is -2.30. The molecule has 0 saturated heterocycles. The molecule has 0 unspecified atom stereocenters. The first-order valence-electron chi connectivity index (χ1n) is 8.48. The zero-order chi connectivity index (χ0) is 20.0. The van der Waals surface area contributed by atoms with Crippen LogP contribution in [-0.2, 0) is 14.8 Å².